The van der Waals surface area contributed by atoms with Crippen molar-refractivity contribution in [1.82, 2.24) is 15.0 Å². The molecule has 0 aliphatic heterocycles. The predicted molar refractivity (Wildman–Crippen MR) is 74.7 cm³/mol. The highest BCUT2D eigenvalue weighted by Crippen LogP contribution is 2.14. The molecule has 104 valence electrons. The standard InChI is InChI=1S/C14H16N4O2/c1-3-18(9-11-4-6-15-7-5-11)14-16-8-12(13(19)20)10(2)17-14/h4-8H,3,9H2,1-2H3,(H,19,20). The maximum atomic E-state index is 11.0. The Hall–Kier alpha value is -2.50. The highest BCUT2D eigenvalue weighted by atomic mass is 16.4. The third-order valence-corrected chi connectivity index (χ3v) is 2.98. The van der Waals surface area contributed by atoms with E-state index in [1.165, 1.54) is 6.20 Å². The minimum atomic E-state index is -1.01. The second-order valence-electron chi connectivity index (χ2n) is 4.34. The third kappa shape index (κ3) is 3.09. The Labute approximate surface area is 117 Å². The molecule has 0 spiro atoms. The number of anilines is 1. The van der Waals surface area contributed by atoms with Gasteiger partial charge in [0.25, 0.3) is 0 Å². The van der Waals surface area contributed by atoms with Gasteiger partial charge in [-0.05, 0) is 31.5 Å². The first-order chi connectivity index (χ1) is 9.61. The SMILES string of the molecule is CCN(Cc1ccncc1)c1ncc(C(=O)O)c(C)n1. The number of rotatable bonds is 5. The van der Waals surface area contributed by atoms with Crippen LogP contribution in [0.25, 0.3) is 0 Å². The van der Waals surface area contributed by atoms with Crippen LogP contribution in [0.5, 0.6) is 0 Å². The lowest BCUT2D eigenvalue weighted by atomic mass is 10.2. The van der Waals surface area contributed by atoms with Crippen molar-refractivity contribution in [3.63, 3.8) is 0 Å². The number of aryl methyl sites for hydroxylation is 1. The van der Waals surface area contributed by atoms with Gasteiger partial charge in [-0.2, -0.15) is 0 Å². The van der Waals surface area contributed by atoms with Crippen LogP contribution in [0.3, 0.4) is 0 Å². The van der Waals surface area contributed by atoms with Crippen molar-refractivity contribution in [3.8, 4) is 0 Å². The number of carboxylic acids is 1. The second-order valence-corrected chi connectivity index (χ2v) is 4.34. The van der Waals surface area contributed by atoms with Crippen LogP contribution in [-0.2, 0) is 6.54 Å². The molecular formula is C14H16N4O2. The minimum absolute atomic E-state index is 0.133. The Kier molecular flexibility index (Phi) is 4.24. The van der Waals surface area contributed by atoms with Gasteiger partial charge in [0.1, 0.15) is 0 Å². The van der Waals surface area contributed by atoms with Gasteiger partial charge in [-0.3, -0.25) is 4.98 Å². The third-order valence-electron chi connectivity index (χ3n) is 2.98. The Morgan fingerprint density at radius 1 is 1.35 bits per heavy atom. The number of hydrogen-bond acceptors (Lipinski definition) is 5. The molecule has 0 unspecified atom stereocenters. The van der Waals surface area contributed by atoms with Crippen LogP contribution in [0.1, 0.15) is 28.5 Å². The number of hydrogen-bond donors (Lipinski definition) is 1. The van der Waals surface area contributed by atoms with Crippen LogP contribution in [0.2, 0.25) is 0 Å². The van der Waals surface area contributed by atoms with Crippen molar-refractivity contribution < 1.29 is 9.90 Å². The van der Waals surface area contributed by atoms with Gasteiger partial charge in [0.15, 0.2) is 0 Å². The number of carboxylic acid groups (broad SMARTS) is 1. The Morgan fingerprint density at radius 2 is 2.05 bits per heavy atom. The predicted octanol–water partition coefficient (Wildman–Crippen LogP) is 1.90. The van der Waals surface area contributed by atoms with Gasteiger partial charge >= 0.3 is 5.97 Å². The van der Waals surface area contributed by atoms with Gasteiger partial charge in [0.05, 0.1) is 11.3 Å². The number of pyridine rings is 1. The summed E-state index contributed by atoms with van der Waals surface area (Å²) in [4.78, 5) is 25.4. The molecule has 20 heavy (non-hydrogen) atoms. The topological polar surface area (TPSA) is 79.2 Å². The Balaban J connectivity index is 2.24. The van der Waals surface area contributed by atoms with Crippen molar-refractivity contribution in [2.24, 2.45) is 0 Å². The van der Waals surface area contributed by atoms with Crippen LogP contribution in [0.4, 0.5) is 5.95 Å². The number of nitrogens with zero attached hydrogens (tertiary/aromatic N) is 4. The van der Waals surface area contributed by atoms with Gasteiger partial charge in [-0.15, -0.1) is 0 Å². The van der Waals surface area contributed by atoms with E-state index in [0.717, 1.165) is 12.1 Å². The van der Waals surface area contributed by atoms with E-state index < -0.39 is 5.97 Å². The summed E-state index contributed by atoms with van der Waals surface area (Å²) in [6, 6.07) is 3.86. The summed E-state index contributed by atoms with van der Waals surface area (Å²) in [6.45, 7) is 5.07. The fourth-order valence-corrected chi connectivity index (χ4v) is 1.85. The zero-order valence-corrected chi connectivity index (χ0v) is 11.4. The number of aromatic nitrogens is 3. The van der Waals surface area contributed by atoms with E-state index in [1.54, 1.807) is 19.3 Å². The molecular weight excluding hydrogens is 256 g/mol. The van der Waals surface area contributed by atoms with E-state index in [9.17, 15) is 4.79 Å². The molecule has 0 atom stereocenters. The summed E-state index contributed by atoms with van der Waals surface area (Å²) in [5.41, 5.74) is 1.70. The molecule has 0 aromatic carbocycles. The molecule has 0 saturated carbocycles. The van der Waals surface area contributed by atoms with Gasteiger partial charge in [-0.1, -0.05) is 0 Å². The van der Waals surface area contributed by atoms with Gasteiger partial charge in [-0.25, -0.2) is 14.8 Å². The lowest BCUT2D eigenvalue weighted by Gasteiger charge is -2.21. The molecule has 6 heteroatoms. The van der Waals surface area contributed by atoms with Crippen molar-refractivity contribution >= 4 is 11.9 Å². The lowest BCUT2D eigenvalue weighted by Crippen LogP contribution is -2.25. The van der Waals surface area contributed by atoms with Gasteiger partial charge in [0.2, 0.25) is 5.95 Å². The average Bonchev–Trinajstić information content (AvgIpc) is 2.45. The normalized spacial score (nSPS) is 10.3. The Bertz CT molecular complexity index is 601. The summed E-state index contributed by atoms with van der Waals surface area (Å²) in [6.07, 6.45) is 4.83. The number of carbonyl (C=O) groups is 1. The summed E-state index contributed by atoms with van der Waals surface area (Å²) in [7, 11) is 0. The van der Waals surface area contributed by atoms with Crippen LogP contribution in [-0.4, -0.2) is 32.6 Å². The van der Waals surface area contributed by atoms with E-state index in [4.69, 9.17) is 5.11 Å². The molecule has 2 heterocycles. The van der Waals surface area contributed by atoms with Gasteiger partial charge in [0, 0.05) is 31.7 Å². The monoisotopic (exact) mass is 272 g/mol. The first-order valence-corrected chi connectivity index (χ1v) is 6.32. The van der Waals surface area contributed by atoms with E-state index in [-0.39, 0.29) is 5.56 Å². The zero-order valence-electron chi connectivity index (χ0n) is 11.4. The lowest BCUT2D eigenvalue weighted by molar-refractivity contribution is 0.0695. The number of aromatic carboxylic acids is 1. The summed E-state index contributed by atoms with van der Waals surface area (Å²) < 4.78 is 0. The second kappa shape index (κ2) is 6.10. The van der Waals surface area contributed by atoms with Crippen LogP contribution < -0.4 is 4.90 Å². The molecule has 0 amide bonds. The molecule has 6 nitrogen and oxygen atoms in total. The van der Waals surface area contributed by atoms with Crippen molar-refractivity contribution in [3.05, 3.63) is 47.5 Å². The first kappa shape index (κ1) is 13.9. The van der Waals surface area contributed by atoms with Crippen molar-refractivity contribution in [2.45, 2.75) is 20.4 Å². The maximum Gasteiger partial charge on any atom is 0.339 e. The molecule has 2 aromatic rings. The summed E-state index contributed by atoms with van der Waals surface area (Å²) in [5, 5.41) is 8.99. The Morgan fingerprint density at radius 3 is 2.60 bits per heavy atom. The van der Waals surface area contributed by atoms with E-state index in [0.29, 0.717) is 18.2 Å². The quantitative estimate of drug-likeness (QED) is 0.895. The maximum absolute atomic E-state index is 11.0. The van der Waals surface area contributed by atoms with Crippen molar-refractivity contribution in [2.75, 3.05) is 11.4 Å². The fraction of sp³-hybridized carbons (Fsp3) is 0.286. The largest absolute Gasteiger partial charge is 0.478 e. The molecule has 1 N–H and O–H groups in total. The summed E-state index contributed by atoms with van der Waals surface area (Å²) in [5.74, 6) is -0.474. The van der Waals surface area contributed by atoms with Crippen LogP contribution in [0.15, 0.2) is 30.7 Å². The van der Waals surface area contributed by atoms with E-state index in [1.807, 2.05) is 24.0 Å². The smallest absolute Gasteiger partial charge is 0.339 e. The van der Waals surface area contributed by atoms with Crippen LogP contribution >= 0.6 is 0 Å². The average molecular weight is 272 g/mol. The van der Waals surface area contributed by atoms with Gasteiger partial charge < -0.3 is 10.0 Å². The highest BCUT2D eigenvalue weighted by Gasteiger charge is 2.13. The molecule has 0 bridgehead atoms. The first-order valence-electron chi connectivity index (χ1n) is 6.32. The van der Waals surface area contributed by atoms with Crippen molar-refractivity contribution in [1.29, 1.82) is 0 Å². The fourth-order valence-electron chi connectivity index (χ4n) is 1.85. The molecule has 0 aliphatic carbocycles. The molecule has 2 rings (SSSR count). The molecule has 2 aromatic heterocycles. The highest BCUT2D eigenvalue weighted by molar-refractivity contribution is 5.88. The zero-order chi connectivity index (χ0) is 14.5. The molecule has 0 aliphatic rings. The molecule has 0 radical (unpaired) electrons. The minimum Gasteiger partial charge on any atom is -0.478 e. The molecule has 0 saturated heterocycles. The summed E-state index contributed by atoms with van der Waals surface area (Å²) >= 11 is 0. The van der Waals surface area contributed by atoms with Crippen LogP contribution in [0, 0.1) is 6.92 Å². The van der Waals surface area contributed by atoms with E-state index in [2.05, 4.69) is 15.0 Å². The molecule has 0 fully saturated rings. The van der Waals surface area contributed by atoms with E-state index >= 15 is 0 Å².